The lowest BCUT2D eigenvalue weighted by Gasteiger charge is -2.12. The van der Waals surface area contributed by atoms with E-state index in [1.807, 2.05) is 6.92 Å². The Labute approximate surface area is 192 Å². The molecule has 0 saturated carbocycles. The zero-order chi connectivity index (χ0) is 23.4. The number of nitro benzene ring substituents is 1. The topological polar surface area (TPSA) is 117 Å². The van der Waals surface area contributed by atoms with Gasteiger partial charge >= 0.3 is 11.9 Å². The van der Waals surface area contributed by atoms with Crippen LogP contribution >= 0.6 is 15.9 Å². The maximum absolute atomic E-state index is 12.4. The predicted octanol–water partition coefficient (Wildman–Crippen LogP) is 4.72. The molecule has 1 aliphatic heterocycles. The summed E-state index contributed by atoms with van der Waals surface area (Å²) in [5.41, 5.74) is 1.15. The Morgan fingerprint density at radius 3 is 2.75 bits per heavy atom. The maximum atomic E-state index is 12.4. The number of carbonyl (C=O) groups excluding carboxylic acids is 2. The van der Waals surface area contributed by atoms with Gasteiger partial charge in [0.15, 0.2) is 17.2 Å². The first-order valence-corrected chi connectivity index (χ1v) is 10.4. The third-order valence-electron chi connectivity index (χ3n) is 4.58. The van der Waals surface area contributed by atoms with E-state index in [1.165, 1.54) is 25.3 Å². The molecule has 0 saturated heterocycles. The van der Waals surface area contributed by atoms with Gasteiger partial charge in [0.2, 0.25) is 5.90 Å². The zero-order valence-electron chi connectivity index (χ0n) is 17.5. The lowest BCUT2D eigenvalue weighted by molar-refractivity contribution is -0.385. The van der Waals surface area contributed by atoms with Crippen molar-refractivity contribution in [3.05, 3.63) is 67.3 Å². The van der Waals surface area contributed by atoms with E-state index >= 15 is 0 Å². The van der Waals surface area contributed by atoms with E-state index in [9.17, 15) is 19.7 Å². The minimum absolute atomic E-state index is 0.00980. The van der Waals surface area contributed by atoms with Crippen molar-refractivity contribution in [2.45, 2.75) is 26.7 Å². The Morgan fingerprint density at radius 2 is 2.09 bits per heavy atom. The Kier molecular flexibility index (Phi) is 7.04. The molecule has 0 aliphatic carbocycles. The fourth-order valence-corrected chi connectivity index (χ4v) is 3.57. The molecule has 1 heterocycles. The molecule has 1 aliphatic rings. The Morgan fingerprint density at radius 1 is 1.34 bits per heavy atom. The standard InChI is InChI=1S/C22H19BrN2O7/c1-4-6-19(26)31-20-15(23)9-13(11-18(20)30-3)10-16-22(27)32-21(24-16)14-7-5-8-17(12(14)2)25(28)29/h5,7-11H,4,6H2,1-3H3/b16-10-. The lowest BCUT2D eigenvalue weighted by Crippen LogP contribution is -2.08. The first kappa shape index (κ1) is 23.1. The highest BCUT2D eigenvalue weighted by atomic mass is 79.9. The molecule has 10 heteroatoms. The molecule has 32 heavy (non-hydrogen) atoms. The molecule has 2 aromatic carbocycles. The normalized spacial score (nSPS) is 14.2. The molecule has 0 N–H and O–H groups in total. The third kappa shape index (κ3) is 4.86. The maximum Gasteiger partial charge on any atom is 0.363 e. The lowest BCUT2D eigenvalue weighted by atomic mass is 10.1. The third-order valence-corrected chi connectivity index (χ3v) is 5.17. The number of esters is 2. The molecule has 0 unspecified atom stereocenters. The van der Waals surface area contributed by atoms with Crippen LogP contribution in [0.15, 0.2) is 45.5 Å². The first-order chi connectivity index (χ1) is 15.2. The van der Waals surface area contributed by atoms with Gasteiger partial charge in [0.1, 0.15) is 0 Å². The zero-order valence-corrected chi connectivity index (χ0v) is 19.1. The number of rotatable bonds is 7. The Bertz CT molecular complexity index is 1170. The predicted molar refractivity (Wildman–Crippen MR) is 120 cm³/mol. The van der Waals surface area contributed by atoms with Gasteiger partial charge in [-0.1, -0.05) is 13.0 Å². The van der Waals surface area contributed by atoms with Crippen LogP contribution in [0.2, 0.25) is 0 Å². The van der Waals surface area contributed by atoms with E-state index in [1.54, 1.807) is 25.1 Å². The molecule has 9 nitrogen and oxygen atoms in total. The highest BCUT2D eigenvalue weighted by molar-refractivity contribution is 9.10. The van der Waals surface area contributed by atoms with Gasteiger partial charge in [-0.3, -0.25) is 14.9 Å². The monoisotopic (exact) mass is 502 g/mol. The molecule has 0 fully saturated rings. The van der Waals surface area contributed by atoms with Crippen LogP contribution in [-0.2, 0) is 14.3 Å². The molecule has 0 spiro atoms. The number of benzene rings is 2. The van der Waals surface area contributed by atoms with E-state index < -0.39 is 16.9 Å². The molecule has 166 valence electrons. The highest BCUT2D eigenvalue weighted by Crippen LogP contribution is 2.38. The molecule has 0 atom stereocenters. The smallest absolute Gasteiger partial charge is 0.363 e. The number of hydrogen-bond acceptors (Lipinski definition) is 8. The average molecular weight is 503 g/mol. The summed E-state index contributed by atoms with van der Waals surface area (Å²) in [4.78, 5) is 39.1. The largest absolute Gasteiger partial charge is 0.493 e. The van der Waals surface area contributed by atoms with Crippen LogP contribution in [-0.4, -0.2) is 29.9 Å². The van der Waals surface area contributed by atoms with E-state index in [4.69, 9.17) is 14.2 Å². The molecule has 2 aromatic rings. The minimum Gasteiger partial charge on any atom is -0.493 e. The van der Waals surface area contributed by atoms with E-state index in [-0.39, 0.29) is 29.5 Å². The van der Waals surface area contributed by atoms with Crippen molar-refractivity contribution in [2.75, 3.05) is 7.11 Å². The molecule has 0 amide bonds. The summed E-state index contributed by atoms with van der Waals surface area (Å²) >= 11 is 3.36. The molecule has 0 aromatic heterocycles. The molecular weight excluding hydrogens is 484 g/mol. The van der Waals surface area contributed by atoms with Gasteiger partial charge in [-0.2, -0.15) is 0 Å². The Hall–Kier alpha value is -3.53. The van der Waals surface area contributed by atoms with Crippen LogP contribution in [0, 0.1) is 17.0 Å². The van der Waals surface area contributed by atoms with Crippen molar-refractivity contribution in [1.29, 1.82) is 0 Å². The number of methoxy groups -OCH3 is 1. The van der Waals surface area contributed by atoms with Crippen LogP contribution in [0.4, 0.5) is 5.69 Å². The van der Waals surface area contributed by atoms with Crippen molar-refractivity contribution >= 4 is 45.5 Å². The van der Waals surface area contributed by atoms with Crippen molar-refractivity contribution in [3.8, 4) is 11.5 Å². The van der Waals surface area contributed by atoms with Crippen LogP contribution < -0.4 is 9.47 Å². The summed E-state index contributed by atoms with van der Waals surface area (Å²) < 4.78 is 16.4. The number of halogens is 1. The van der Waals surface area contributed by atoms with Gasteiger partial charge in [0.25, 0.3) is 5.69 Å². The summed E-state index contributed by atoms with van der Waals surface area (Å²) in [6.07, 6.45) is 2.39. The number of aliphatic imine (C=N–C) groups is 1. The molecule has 0 bridgehead atoms. The van der Waals surface area contributed by atoms with Gasteiger partial charge < -0.3 is 14.2 Å². The van der Waals surface area contributed by atoms with E-state index in [0.29, 0.717) is 33.3 Å². The summed E-state index contributed by atoms with van der Waals surface area (Å²) in [6, 6.07) is 7.69. The second kappa shape index (κ2) is 9.73. The molecule has 3 rings (SSSR count). The second-order valence-electron chi connectivity index (χ2n) is 6.80. The van der Waals surface area contributed by atoms with Crippen LogP contribution in [0.5, 0.6) is 11.5 Å². The van der Waals surface area contributed by atoms with Gasteiger partial charge in [0, 0.05) is 23.6 Å². The van der Waals surface area contributed by atoms with E-state index in [2.05, 4.69) is 20.9 Å². The fraction of sp³-hybridized carbons (Fsp3) is 0.227. The Balaban J connectivity index is 1.96. The SMILES string of the molecule is CCCC(=O)Oc1c(Br)cc(/C=C2\N=C(c3cccc([N+](=O)[O-])c3C)OC2=O)cc1OC. The fourth-order valence-electron chi connectivity index (χ4n) is 3.03. The number of hydrogen-bond donors (Lipinski definition) is 0. The molecule has 0 radical (unpaired) electrons. The summed E-state index contributed by atoms with van der Waals surface area (Å²) in [5, 5.41) is 11.2. The number of ether oxygens (including phenoxy) is 3. The molecular formula is C22H19BrN2O7. The average Bonchev–Trinajstić information content (AvgIpc) is 3.09. The van der Waals surface area contributed by atoms with Gasteiger partial charge in [-0.25, -0.2) is 9.79 Å². The van der Waals surface area contributed by atoms with Crippen molar-refractivity contribution in [1.82, 2.24) is 0 Å². The van der Waals surface area contributed by atoms with Crippen LogP contribution in [0.3, 0.4) is 0 Å². The van der Waals surface area contributed by atoms with Crippen LogP contribution in [0.25, 0.3) is 6.08 Å². The summed E-state index contributed by atoms with van der Waals surface area (Å²) in [7, 11) is 1.43. The quantitative estimate of drug-likeness (QED) is 0.176. The first-order valence-electron chi connectivity index (χ1n) is 9.60. The summed E-state index contributed by atoms with van der Waals surface area (Å²) in [6.45, 7) is 3.43. The second-order valence-corrected chi connectivity index (χ2v) is 7.66. The van der Waals surface area contributed by atoms with E-state index in [0.717, 1.165) is 0 Å². The number of nitro groups is 1. The highest BCUT2D eigenvalue weighted by Gasteiger charge is 2.27. The van der Waals surface area contributed by atoms with Crippen LogP contribution in [0.1, 0.15) is 36.5 Å². The summed E-state index contributed by atoms with van der Waals surface area (Å²) in [5.74, 6) is -0.573. The number of cyclic esters (lactones) is 1. The van der Waals surface area contributed by atoms with Gasteiger partial charge in [0.05, 0.1) is 16.5 Å². The van der Waals surface area contributed by atoms with Gasteiger partial charge in [-0.15, -0.1) is 0 Å². The van der Waals surface area contributed by atoms with Gasteiger partial charge in [-0.05, 0) is 59.1 Å². The van der Waals surface area contributed by atoms with Crippen molar-refractivity contribution < 1.29 is 28.7 Å². The number of nitrogens with zero attached hydrogens (tertiary/aromatic N) is 2. The van der Waals surface area contributed by atoms with Crippen molar-refractivity contribution in [3.63, 3.8) is 0 Å². The minimum atomic E-state index is -0.695. The number of carbonyl (C=O) groups is 2. The van der Waals surface area contributed by atoms with Crippen molar-refractivity contribution in [2.24, 2.45) is 4.99 Å².